The molecule has 2 heterocycles. The summed E-state index contributed by atoms with van der Waals surface area (Å²) in [5.41, 5.74) is 0.470. The fourth-order valence-corrected chi connectivity index (χ4v) is 2.36. The van der Waals surface area contributed by atoms with E-state index in [9.17, 15) is 14.4 Å². The van der Waals surface area contributed by atoms with Crippen LogP contribution in [0.5, 0.6) is 0 Å². The van der Waals surface area contributed by atoms with E-state index >= 15 is 0 Å². The van der Waals surface area contributed by atoms with E-state index in [4.69, 9.17) is 5.11 Å². The third-order valence-electron chi connectivity index (χ3n) is 2.91. The van der Waals surface area contributed by atoms with Gasteiger partial charge in [-0.25, -0.2) is 9.78 Å². The van der Waals surface area contributed by atoms with Crippen LogP contribution in [0, 0.1) is 0 Å². The number of carboxylic acids is 1. The van der Waals surface area contributed by atoms with Gasteiger partial charge in [0.2, 0.25) is 0 Å². The fourth-order valence-electron chi connectivity index (χ4n) is 1.68. The van der Waals surface area contributed by atoms with Crippen molar-refractivity contribution in [3.05, 3.63) is 41.2 Å². The lowest BCUT2D eigenvalue weighted by atomic mass is 10.2. The van der Waals surface area contributed by atoms with Gasteiger partial charge >= 0.3 is 5.97 Å². The van der Waals surface area contributed by atoms with Crippen LogP contribution in [0.25, 0.3) is 0 Å². The van der Waals surface area contributed by atoms with E-state index in [2.05, 4.69) is 20.6 Å². The standard InChI is InChI=1S/C14H14N4O4S/c1-2-9(13(21)22)16-12(20)10-7-23-14(17-10)18-11(19)8-3-5-15-6-4-8/h3-7,9H,2H2,1H3,(H,16,20)(H,21,22)(H,17,18,19). The normalized spacial score (nSPS) is 11.5. The molecule has 0 fully saturated rings. The summed E-state index contributed by atoms with van der Waals surface area (Å²) in [5, 5.41) is 15.6. The van der Waals surface area contributed by atoms with Crippen molar-refractivity contribution in [3.8, 4) is 0 Å². The van der Waals surface area contributed by atoms with E-state index in [1.54, 1.807) is 19.1 Å². The van der Waals surface area contributed by atoms with Crippen LogP contribution in [0.2, 0.25) is 0 Å². The van der Waals surface area contributed by atoms with Crippen LogP contribution >= 0.6 is 11.3 Å². The molecule has 8 nitrogen and oxygen atoms in total. The maximum atomic E-state index is 12.0. The van der Waals surface area contributed by atoms with Gasteiger partial charge in [-0.3, -0.25) is 19.9 Å². The Balaban J connectivity index is 2.01. The number of nitrogens with one attached hydrogen (secondary N) is 2. The lowest BCUT2D eigenvalue weighted by molar-refractivity contribution is -0.139. The van der Waals surface area contributed by atoms with Crippen molar-refractivity contribution in [1.29, 1.82) is 0 Å². The Labute approximate surface area is 135 Å². The Bertz CT molecular complexity index is 717. The number of carboxylic acid groups (broad SMARTS) is 1. The minimum Gasteiger partial charge on any atom is -0.480 e. The quantitative estimate of drug-likeness (QED) is 0.734. The Kier molecular flexibility index (Phi) is 5.36. The topological polar surface area (TPSA) is 121 Å². The number of thiazole rings is 1. The number of anilines is 1. The van der Waals surface area contributed by atoms with Crippen LogP contribution in [-0.4, -0.2) is 38.9 Å². The first kappa shape index (κ1) is 16.6. The fraction of sp³-hybridized carbons (Fsp3) is 0.214. The van der Waals surface area contributed by atoms with E-state index in [0.29, 0.717) is 5.56 Å². The van der Waals surface area contributed by atoms with Gasteiger partial charge in [0, 0.05) is 23.3 Å². The molecule has 0 spiro atoms. The number of carbonyl (C=O) groups excluding carboxylic acids is 2. The molecular weight excluding hydrogens is 320 g/mol. The van der Waals surface area contributed by atoms with Crippen LogP contribution in [-0.2, 0) is 4.79 Å². The summed E-state index contributed by atoms with van der Waals surface area (Å²) >= 11 is 1.08. The number of pyridine rings is 1. The second-order valence-corrected chi connectivity index (χ2v) is 5.36. The average Bonchev–Trinajstić information content (AvgIpc) is 3.01. The Hall–Kier alpha value is -2.81. The number of carbonyl (C=O) groups is 3. The largest absolute Gasteiger partial charge is 0.480 e. The SMILES string of the molecule is CCC(NC(=O)c1csc(NC(=O)c2ccncc2)n1)C(=O)O. The van der Waals surface area contributed by atoms with E-state index in [1.807, 2.05) is 0 Å². The number of nitrogens with zero attached hydrogens (tertiary/aromatic N) is 2. The molecule has 1 atom stereocenters. The first-order chi connectivity index (χ1) is 11.0. The van der Waals surface area contributed by atoms with Gasteiger partial charge in [0.25, 0.3) is 11.8 Å². The van der Waals surface area contributed by atoms with E-state index in [0.717, 1.165) is 11.3 Å². The smallest absolute Gasteiger partial charge is 0.326 e. The van der Waals surface area contributed by atoms with Gasteiger partial charge in [0.1, 0.15) is 11.7 Å². The summed E-state index contributed by atoms with van der Waals surface area (Å²) in [6.07, 6.45) is 3.25. The molecule has 2 amide bonds. The molecule has 0 aromatic carbocycles. The van der Waals surface area contributed by atoms with Gasteiger partial charge in [-0.1, -0.05) is 6.92 Å². The van der Waals surface area contributed by atoms with Gasteiger partial charge in [0.15, 0.2) is 5.13 Å². The highest BCUT2D eigenvalue weighted by Gasteiger charge is 2.20. The summed E-state index contributed by atoms with van der Waals surface area (Å²) in [6, 6.07) is 2.13. The van der Waals surface area contributed by atoms with Crippen molar-refractivity contribution in [2.45, 2.75) is 19.4 Å². The van der Waals surface area contributed by atoms with Crippen molar-refractivity contribution in [3.63, 3.8) is 0 Å². The minimum absolute atomic E-state index is 0.0553. The number of amides is 2. The van der Waals surface area contributed by atoms with E-state index < -0.39 is 17.9 Å². The highest BCUT2D eigenvalue weighted by atomic mass is 32.1. The zero-order valence-electron chi connectivity index (χ0n) is 12.1. The molecule has 0 bridgehead atoms. The molecular formula is C14H14N4O4S. The first-order valence-corrected chi connectivity index (χ1v) is 7.59. The van der Waals surface area contributed by atoms with Crippen molar-refractivity contribution in [2.75, 3.05) is 5.32 Å². The van der Waals surface area contributed by atoms with Crippen molar-refractivity contribution in [1.82, 2.24) is 15.3 Å². The molecule has 2 rings (SSSR count). The van der Waals surface area contributed by atoms with Crippen molar-refractivity contribution >= 4 is 34.3 Å². The molecule has 0 aliphatic carbocycles. The van der Waals surface area contributed by atoms with Crippen LogP contribution in [0.15, 0.2) is 29.9 Å². The number of aliphatic carboxylic acids is 1. The van der Waals surface area contributed by atoms with Gasteiger partial charge in [-0.2, -0.15) is 0 Å². The van der Waals surface area contributed by atoms with Crippen LogP contribution in [0.3, 0.4) is 0 Å². The highest BCUT2D eigenvalue weighted by Crippen LogP contribution is 2.16. The third kappa shape index (κ3) is 4.33. The highest BCUT2D eigenvalue weighted by molar-refractivity contribution is 7.14. The Morgan fingerprint density at radius 3 is 2.57 bits per heavy atom. The second kappa shape index (κ2) is 7.45. The van der Waals surface area contributed by atoms with E-state index in [-0.39, 0.29) is 23.2 Å². The summed E-state index contributed by atoms with van der Waals surface area (Å²) < 4.78 is 0. The monoisotopic (exact) mass is 334 g/mol. The van der Waals surface area contributed by atoms with E-state index in [1.165, 1.54) is 17.8 Å². The molecule has 3 N–H and O–H groups in total. The third-order valence-corrected chi connectivity index (χ3v) is 3.67. The molecule has 120 valence electrons. The zero-order chi connectivity index (χ0) is 16.8. The molecule has 0 saturated heterocycles. The minimum atomic E-state index is -1.11. The van der Waals surface area contributed by atoms with Gasteiger partial charge in [0.05, 0.1) is 0 Å². The number of rotatable bonds is 6. The molecule has 2 aromatic heterocycles. The molecule has 23 heavy (non-hydrogen) atoms. The number of hydrogen-bond acceptors (Lipinski definition) is 6. The molecule has 1 unspecified atom stereocenters. The van der Waals surface area contributed by atoms with Crippen molar-refractivity contribution in [2.24, 2.45) is 0 Å². The molecule has 2 aromatic rings. The molecule has 0 saturated carbocycles. The average molecular weight is 334 g/mol. The number of hydrogen-bond donors (Lipinski definition) is 3. The van der Waals surface area contributed by atoms with Crippen LogP contribution < -0.4 is 10.6 Å². The maximum absolute atomic E-state index is 12.0. The molecule has 9 heteroatoms. The van der Waals surface area contributed by atoms with Gasteiger partial charge < -0.3 is 10.4 Å². The summed E-state index contributed by atoms with van der Waals surface area (Å²) in [7, 11) is 0. The summed E-state index contributed by atoms with van der Waals surface area (Å²) in [4.78, 5) is 42.6. The van der Waals surface area contributed by atoms with Crippen LogP contribution in [0.1, 0.15) is 34.2 Å². The molecule has 0 aliphatic rings. The van der Waals surface area contributed by atoms with Gasteiger partial charge in [-0.05, 0) is 18.6 Å². The molecule has 0 radical (unpaired) electrons. The predicted octanol–water partition coefficient (Wildman–Crippen LogP) is 1.38. The second-order valence-electron chi connectivity index (χ2n) is 4.50. The maximum Gasteiger partial charge on any atom is 0.326 e. The van der Waals surface area contributed by atoms with Crippen molar-refractivity contribution < 1.29 is 19.5 Å². The van der Waals surface area contributed by atoms with Gasteiger partial charge in [-0.15, -0.1) is 11.3 Å². The predicted molar refractivity (Wildman–Crippen MR) is 83.5 cm³/mol. The molecule has 0 aliphatic heterocycles. The Morgan fingerprint density at radius 2 is 1.96 bits per heavy atom. The number of aromatic nitrogens is 2. The summed E-state index contributed by atoms with van der Waals surface area (Å²) in [6.45, 7) is 1.65. The lowest BCUT2D eigenvalue weighted by Crippen LogP contribution is -2.40. The lowest BCUT2D eigenvalue weighted by Gasteiger charge is -2.10. The zero-order valence-corrected chi connectivity index (χ0v) is 13.0. The first-order valence-electron chi connectivity index (χ1n) is 6.71. The van der Waals surface area contributed by atoms with Crippen LogP contribution in [0.4, 0.5) is 5.13 Å². The Morgan fingerprint density at radius 1 is 1.26 bits per heavy atom. The summed E-state index contributed by atoms with van der Waals surface area (Å²) in [5.74, 6) is -2.08.